The lowest BCUT2D eigenvalue weighted by molar-refractivity contribution is 0.409. The molecule has 0 fully saturated rings. The van der Waals surface area contributed by atoms with Crippen molar-refractivity contribution in [3.05, 3.63) is 35.4 Å². The normalized spacial score (nSPS) is 12.4. The van der Waals surface area contributed by atoms with Crippen molar-refractivity contribution >= 4 is 0 Å². The molecule has 0 amide bonds. The van der Waals surface area contributed by atoms with E-state index in [1.807, 2.05) is 0 Å². The number of likely N-dealkylation sites (N-methyl/N-ethyl adjacent to an activating group) is 1. The van der Waals surface area contributed by atoms with Crippen molar-refractivity contribution in [3.63, 3.8) is 0 Å². The summed E-state index contributed by atoms with van der Waals surface area (Å²) in [5.74, 6) is 0.744. The predicted octanol–water partition coefficient (Wildman–Crippen LogP) is 0.861. The molecule has 1 unspecified atom stereocenters. The Morgan fingerprint density at radius 1 is 1.47 bits per heavy atom. The zero-order valence-corrected chi connectivity index (χ0v) is 11.1. The second-order valence-electron chi connectivity index (χ2n) is 4.13. The van der Waals surface area contributed by atoms with Crippen LogP contribution in [-0.4, -0.2) is 34.4 Å². The lowest BCUT2D eigenvalue weighted by atomic mass is 10.0. The third kappa shape index (κ3) is 3.05. The van der Waals surface area contributed by atoms with Gasteiger partial charge in [0.05, 0.1) is 14.2 Å². The average molecular weight is 265 g/mol. The monoisotopic (exact) mass is 265 g/mol. The van der Waals surface area contributed by atoms with Crippen molar-refractivity contribution in [2.24, 2.45) is 7.05 Å². The van der Waals surface area contributed by atoms with Gasteiger partial charge in [-0.25, -0.2) is 4.39 Å². The van der Waals surface area contributed by atoms with Crippen LogP contribution in [0.15, 0.2) is 18.2 Å². The highest BCUT2D eigenvalue weighted by Crippen LogP contribution is 2.23. The number of hydrogen-bond donors (Lipinski definition) is 1. The van der Waals surface area contributed by atoms with E-state index in [9.17, 15) is 4.39 Å². The van der Waals surface area contributed by atoms with E-state index in [1.54, 1.807) is 26.2 Å². The molecule has 2 aromatic rings. The zero-order chi connectivity index (χ0) is 13.8. The van der Waals surface area contributed by atoms with Gasteiger partial charge >= 0.3 is 0 Å². The Hall–Kier alpha value is -2.02. The minimum atomic E-state index is -0.317. The van der Waals surface area contributed by atoms with Gasteiger partial charge in [-0.15, -0.1) is 10.2 Å². The van der Waals surface area contributed by atoms with Crippen molar-refractivity contribution in [1.82, 2.24) is 25.5 Å². The summed E-state index contributed by atoms with van der Waals surface area (Å²) in [4.78, 5) is 1.38. The Labute approximate surface area is 110 Å². The first-order valence-electron chi connectivity index (χ1n) is 5.87. The largest absolute Gasteiger partial charge is 0.497 e. The molecular formula is C12H16FN5O. The van der Waals surface area contributed by atoms with Crippen LogP contribution in [0.5, 0.6) is 5.75 Å². The fourth-order valence-corrected chi connectivity index (χ4v) is 1.87. The average Bonchev–Trinajstić information content (AvgIpc) is 2.81. The maximum absolute atomic E-state index is 14.0. The second-order valence-corrected chi connectivity index (χ2v) is 4.13. The Balaban J connectivity index is 2.21. The Morgan fingerprint density at radius 2 is 2.26 bits per heavy atom. The third-order valence-corrected chi connectivity index (χ3v) is 2.87. The molecule has 1 aromatic carbocycles. The first kappa shape index (κ1) is 13.4. The van der Waals surface area contributed by atoms with Gasteiger partial charge in [0, 0.05) is 24.1 Å². The maximum Gasteiger partial charge on any atom is 0.176 e. The highest BCUT2D eigenvalue weighted by Gasteiger charge is 2.17. The summed E-state index contributed by atoms with van der Waals surface area (Å²) in [6, 6.07) is 4.58. The van der Waals surface area contributed by atoms with E-state index in [1.165, 1.54) is 18.0 Å². The topological polar surface area (TPSA) is 64.9 Å². The van der Waals surface area contributed by atoms with Gasteiger partial charge in [-0.3, -0.25) is 0 Å². The summed E-state index contributed by atoms with van der Waals surface area (Å²) >= 11 is 0. The lowest BCUT2D eigenvalue weighted by Crippen LogP contribution is -2.20. The third-order valence-electron chi connectivity index (χ3n) is 2.87. The standard InChI is InChI=1S/C12H16FN5O/c1-14-11(7-12-15-17-18(2)16-12)9-5-4-8(19-3)6-10(9)13/h4-6,11,14H,7H2,1-3H3. The van der Waals surface area contributed by atoms with Gasteiger partial charge in [0.25, 0.3) is 0 Å². The first-order chi connectivity index (χ1) is 9.13. The number of nitrogens with one attached hydrogen (secondary N) is 1. The summed E-state index contributed by atoms with van der Waals surface area (Å²) in [5, 5.41) is 14.8. The number of hydrogen-bond acceptors (Lipinski definition) is 5. The van der Waals surface area contributed by atoms with Crippen LogP contribution in [0.2, 0.25) is 0 Å². The summed E-state index contributed by atoms with van der Waals surface area (Å²) in [5.41, 5.74) is 0.552. The zero-order valence-electron chi connectivity index (χ0n) is 11.1. The van der Waals surface area contributed by atoms with E-state index in [0.29, 0.717) is 23.6 Å². The van der Waals surface area contributed by atoms with Gasteiger partial charge < -0.3 is 10.1 Å². The van der Waals surface area contributed by atoms with Crippen molar-refractivity contribution in [3.8, 4) is 5.75 Å². The number of aromatic nitrogens is 4. The van der Waals surface area contributed by atoms with Crippen LogP contribution in [0.1, 0.15) is 17.4 Å². The van der Waals surface area contributed by atoms with Crippen LogP contribution in [0, 0.1) is 5.82 Å². The van der Waals surface area contributed by atoms with E-state index in [2.05, 4.69) is 20.7 Å². The van der Waals surface area contributed by atoms with Crippen molar-refractivity contribution in [2.75, 3.05) is 14.2 Å². The van der Waals surface area contributed by atoms with Crippen LogP contribution < -0.4 is 10.1 Å². The molecule has 2 rings (SSSR count). The first-order valence-corrected chi connectivity index (χ1v) is 5.87. The fraction of sp³-hybridized carbons (Fsp3) is 0.417. The van der Waals surface area contributed by atoms with E-state index in [4.69, 9.17) is 4.74 Å². The predicted molar refractivity (Wildman–Crippen MR) is 67.3 cm³/mol. The molecule has 1 aromatic heterocycles. The van der Waals surface area contributed by atoms with Crippen molar-refractivity contribution in [1.29, 1.82) is 0 Å². The van der Waals surface area contributed by atoms with Gasteiger partial charge in [-0.1, -0.05) is 6.07 Å². The van der Waals surface area contributed by atoms with Crippen LogP contribution in [-0.2, 0) is 13.5 Å². The molecule has 6 nitrogen and oxygen atoms in total. The summed E-state index contributed by atoms with van der Waals surface area (Å²) in [6.45, 7) is 0. The van der Waals surface area contributed by atoms with Crippen molar-refractivity contribution < 1.29 is 9.13 Å². The SMILES string of the molecule is CNC(Cc1nnn(C)n1)c1ccc(OC)cc1F. The summed E-state index contributed by atoms with van der Waals surface area (Å²) in [6.07, 6.45) is 0.466. The molecule has 0 aliphatic heterocycles. The van der Waals surface area contributed by atoms with E-state index in [-0.39, 0.29) is 11.9 Å². The van der Waals surface area contributed by atoms with Crippen LogP contribution >= 0.6 is 0 Å². The fourth-order valence-electron chi connectivity index (χ4n) is 1.87. The molecule has 0 spiro atoms. The number of benzene rings is 1. The van der Waals surface area contributed by atoms with Crippen LogP contribution in [0.4, 0.5) is 4.39 Å². The molecule has 1 atom stereocenters. The molecule has 0 aliphatic carbocycles. The van der Waals surface area contributed by atoms with Gasteiger partial charge in [0.1, 0.15) is 11.6 Å². The number of ether oxygens (including phenoxy) is 1. The molecule has 0 saturated heterocycles. The molecule has 102 valence electrons. The molecule has 0 radical (unpaired) electrons. The molecule has 7 heteroatoms. The quantitative estimate of drug-likeness (QED) is 0.868. The molecule has 0 bridgehead atoms. The summed E-state index contributed by atoms with van der Waals surface area (Å²) in [7, 11) is 4.97. The molecule has 19 heavy (non-hydrogen) atoms. The Morgan fingerprint density at radius 3 is 2.79 bits per heavy atom. The van der Waals surface area contributed by atoms with Gasteiger partial charge in [0.15, 0.2) is 5.82 Å². The number of methoxy groups -OCH3 is 1. The number of rotatable bonds is 5. The minimum absolute atomic E-state index is 0.213. The highest BCUT2D eigenvalue weighted by atomic mass is 19.1. The second kappa shape index (κ2) is 5.75. The van der Waals surface area contributed by atoms with Crippen LogP contribution in [0.3, 0.4) is 0 Å². The molecule has 1 N–H and O–H groups in total. The van der Waals surface area contributed by atoms with E-state index >= 15 is 0 Å². The van der Waals surface area contributed by atoms with Gasteiger partial charge in [-0.05, 0) is 18.3 Å². The van der Waals surface area contributed by atoms with Gasteiger partial charge in [0.2, 0.25) is 0 Å². The van der Waals surface area contributed by atoms with E-state index < -0.39 is 0 Å². The number of tetrazole rings is 1. The summed E-state index contributed by atoms with van der Waals surface area (Å²) < 4.78 is 19.0. The maximum atomic E-state index is 14.0. The Kier molecular flexibility index (Phi) is 4.06. The van der Waals surface area contributed by atoms with E-state index in [0.717, 1.165) is 0 Å². The van der Waals surface area contributed by atoms with Gasteiger partial charge in [-0.2, -0.15) is 4.80 Å². The molecule has 1 heterocycles. The smallest absolute Gasteiger partial charge is 0.176 e. The lowest BCUT2D eigenvalue weighted by Gasteiger charge is -2.16. The highest BCUT2D eigenvalue weighted by molar-refractivity contribution is 5.31. The Bertz CT molecular complexity index is 557. The number of nitrogens with zero attached hydrogens (tertiary/aromatic N) is 4. The molecule has 0 aliphatic rings. The number of halogens is 1. The number of aryl methyl sites for hydroxylation is 1. The minimum Gasteiger partial charge on any atom is -0.497 e. The molecular weight excluding hydrogens is 249 g/mol. The molecule has 0 saturated carbocycles. The van der Waals surface area contributed by atoms with Crippen molar-refractivity contribution in [2.45, 2.75) is 12.5 Å². The van der Waals surface area contributed by atoms with Crippen LogP contribution in [0.25, 0.3) is 0 Å².